The molecular formula is C13H12N4O4. The van der Waals surface area contributed by atoms with Crippen molar-refractivity contribution >= 4 is 23.2 Å². The molecule has 0 aliphatic rings. The van der Waals surface area contributed by atoms with Gasteiger partial charge in [-0.05, 0) is 18.2 Å². The molecular weight excluding hydrogens is 276 g/mol. The molecule has 0 fully saturated rings. The number of nitro benzene ring substituents is 1. The Bertz CT molecular complexity index is 660. The number of amides is 2. The molecule has 0 aliphatic carbocycles. The molecule has 1 heterocycles. The van der Waals surface area contributed by atoms with Gasteiger partial charge in [-0.1, -0.05) is 6.07 Å². The number of hydrogen-bond donors (Lipinski definition) is 2. The van der Waals surface area contributed by atoms with Crippen molar-refractivity contribution in [3.05, 3.63) is 52.7 Å². The van der Waals surface area contributed by atoms with Crippen molar-refractivity contribution in [2.75, 3.05) is 17.7 Å². The minimum absolute atomic E-state index is 0.123. The van der Waals surface area contributed by atoms with Crippen molar-refractivity contribution in [3.8, 4) is 5.75 Å². The van der Waals surface area contributed by atoms with Crippen LogP contribution in [-0.2, 0) is 0 Å². The third-order valence-corrected chi connectivity index (χ3v) is 2.55. The Kier molecular flexibility index (Phi) is 4.30. The van der Waals surface area contributed by atoms with E-state index >= 15 is 0 Å². The summed E-state index contributed by atoms with van der Waals surface area (Å²) in [4.78, 5) is 25.9. The maximum Gasteiger partial charge on any atom is 0.324 e. The van der Waals surface area contributed by atoms with E-state index in [2.05, 4.69) is 15.6 Å². The molecule has 21 heavy (non-hydrogen) atoms. The molecule has 2 N–H and O–H groups in total. The molecule has 0 saturated heterocycles. The van der Waals surface area contributed by atoms with Crippen LogP contribution in [0.3, 0.4) is 0 Å². The third-order valence-electron chi connectivity index (χ3n) is 2.55. The Morgan fingerprint density at radius 2 is 2.10 bits per heavy atom. The number of aromatic nitrogens is 1. The summed E-state index contributed by atoms with van der Waals surface area (Å²) in [5, 5.41) is 15.8. The van der Waals surface area contributed by atoms with E-state index in [-0.39, 0.29) is 11.4 Å². The lowest BCUT2D eigenvalue weighted by Crippen LogP contribution is -2.20. The quantitative estimate of drug-likeness (QED) is 0.664. The number of urea groups is 1. The number of hydrogen-bond acceptors (Lipinski definition) is 5. The zero-order chi connectivity index (χ0) is 15.2. The topological polar surface area (TPSA) is 106 Å². The van der Waals surface area contributed by atoms with E-state index in [1.165, 1.54) is 25.3 Å². The number of non-ortho nitro benzene ring substituents is 1. The van der Waals surface area contributed by atoms with Gasteiger partial charge in [-0.3, -0.25) is 15.4 Å². The summed E-state index contributed by atoms with van der Waals surface area (Å²) in [6.45, 7) is 0. The number of nitrogens with one attached hydrogen (secondary N) is 2. The standard InChI is InChI=1S/C13H12N4O4/c1-21-11-8-9(17(19)20)5-6-10(11)15-13(18)16-12-4-2-3-7-14-12/h2-8H,1H3,(H2,14,15,16,18). The van der Waals surface area contributed by atoms with Gasteiger partial charge in [0.15, 0.2) is 0 Å². The summed E-state index contributed by atoms with van der Waals surface area (Å²) in [5.74, 6) is 0.580. The first kappa shape index (κ1) is 14.3. The predicted molar refractivity (Wildman–Crippen MR) is 76.5 cm³/mol. The van der Waals surface area contributed by atoms with E-state index in [4.69, 9.17) is 4.74 Å². The average molecular weight is 288 g/mol. The van der Waals surface area contributed by atoms with Crippen LogP contribution in [0.15, 0.2) is 42.6 Å². The van der Waals surface area contributed by atoms with Crippen molar-refractivity contribution < 1.29 is 14.5 Å². The van der Waals surface area contributed by atoms with Gasteiger partial charge in [-0.15, -0.1) is 0 Å². The Hall–Kier alpha value is -3.16. The lowest BCUT2D eigenvalue weighted by molar-refractivity contribution is -0.384. The molecule has 0 unspecified atom stereocenters. The number of nitro groups is 1. The van der Waals surface area contributed by atoms with E-state index in [1.807, 2.05) is 0 Å². The van der Waals surface area contributed by atoms with Crippen LogP contribution in [0.4, 0.5) is 22.0 Å². The second kappa shape index (κ2) is 6.33. The van der Waals surface area contributed by atoms with Crippen LogP contribution < -0.4 is 15.4 Å². The summed E-state index contributed by atoms with van der Waals surface area (Å²) in [6, 6.07) is 8.47. The minimum Gasteiger partial charge on any atom is -0.494 e. The highest BCUT2D eigenvalue weighted by atomic mass is 16.6. The maximum absolute atomic E-state index is 11.8. The van der Waals surface area contributed by atoms with E-state index in [1.54, 1.807) is 24.4 Å². The molecule has 108 valence electrons. The van der Waals surface area contributed by atoms with Gasteiger partial charge < -0.3 is 10.1 Å². The molecule has 8 heteroatoms. The number of rotatable bonds is 4. The summed E-state index contributed by atoms with van der Waals surface area (Å²) < 4.78 is 5.02. The SMILES string of the molecule is COc1cc([N+](=O)[O-])ccc1NC(=O)Nc1ccccn1. The fraction of sp³-hybridized carbons (Fsp3) is 0.0769. The number of carbonyl (C=O) groups is 1. The molecule has 0 atom stereocenters. The van der Waals surface area contributed by atoms with Crippen LogP contribution in [0.1, 0.15) is 0 Å². The zero-order valence-electron chi connectivity index (χ0n) is 11.1. The highest BCUT2D eigenvalue weighted by Gasteiger charge is 2.13. The second-order valence-corrected chi connectivity index (χ2v) is 3.94. The van der Waals surface area contributed by atoms with Crippen molar-refractivity contribution in [1.29, 1.82) is 0 Å². The molecule has 8 nitrogen and oxygen atoms in total. The number of methoxy groups -OCH3 is 1. The van der Waals surface area contributed by atoms with E-state index in [9.17, 15) is 14.9 Å². The van der Waals surface area contributed by atoms with Crippen LogP contribution in [-0.4, -0.2) is 23.0 Å². The van der Waals surface area contributed by atoms with Crippen LogP contribution in [0.5, 0.6) is 5.75 Å². The number of carbonyl (C=O) groups excluding carboxylic acids is 1. The highest BCUT2D eigenvalue weighted by molar-refractivity contribution is 6.00. The van der Waals surface area contributed by atoms with Gasteiger partial charge in [0.1, 0.15) is 11.6 Å². The highest BCUT2D eigenvalue weighted by Crippen LogP contribution is 2.28. The molecule has 1 aromatic heterocycles. The normalized spacial score (nSPS) is 9.76. The third kappa shape index (κ3) is 3.66. The number of nitrogens with zero attached hydrogens (tertiary/aromatic N) is 2. The molecule has 0 radical (unpaired) electrons. The fourth-order valence-corrected chi connectivity index (χ4v) is 1.60. The smallest absolute Gasteiger partial charge is 0.324 e. The number of benzene rings is 1. The molecule has 2 aromatic rings. The fourth-order valence-electron chi connectivity index (χ4n) is 1.60. The van der Waals surface area contributed by atoms with Gasteiger partial charge in [0.2, 0.25) is 0 Å². The van der Waals surface area contributed by atoms with Gasteiger partial charge in [-0.2, -0.15) is 0 Å². The minimum atomic E-state index is -0.541. The predicted octanol–water partition coefficient (Wildman–Crippen LogP) is 2.64. The summed E-state index contributed by atoms with van der Waals surface area (Å²) in [7, 11) is 1.36. The van der Waals surface area contributed by atoms with Crippen LogP contribution in [0.2, 0.25) is 0 Å². The number of pyridine rings is 1. The molecule has 1 aromatic carbocycles. The summed E-state index contributed by atoms with van der Waals surface area (Å²) in [6.07, 6.45) is 1.54. The monoisotopic (exact) mass is 288 g/mol. The van der Waals surface area contributed by atoms with Crippen LogP contribution in [0, 0.1) is 10.1 Å². The second-order valence-electron chi connectivity index (χ2n) is 3.94. The first-order chi connectivity index (χ1) is 10.1. The van der Waals surface area contributed by atoms with E-state index in [0.29, 0.717) is 11.5 Å². The van der Waals surface area contributed by atoms with Crippen molar-refractivity contribution in [1.82, 2.24) is 4.98 Å². The summed E-state index contributed by atoms with van der Waals surface area (Å²) in [5.41, 5.74) is 0.194. The molecule has 0 spiro atoms. The zero-order valence-corrected chi connectivity index (χ0v) is 11.1. The first-order valence-electron chi connectivity index (χ1n) is 5.91. The largest absolute Gasteiger partial charge is 0.494 e. The van der Waals surface area contributed by atoms with E-state index < -0.39 is 11.0 Å². The number of anilines is 2. The van der Waals surface area contributed by atoms with Gasteiger partial charge in [0.05, 0.1) is 23.8 Å². The molecule has 0 aliphatic heterocycles. The Morgan fingerprint density at radius 1 is 1.29 bits per heavy atom. The average Bonchev–Trinajstić information content (AvgIpc) is 2.48. The lowest BCUT2D eigenvalue weighted by Gasteiger charge is -2.10. The Labute approximate surface area is 119 Å². The Morgan fingerprint density at radius 3 is 2.71 bits per heavy atom. The molecule has 2 amide bonds. The molecule has 2 rings (SSSR count). The van der Waals surface area contributed by atoms with Crippen molar-refractivity contribution in [2.24, 2.45) is 0 Å². The van der Waals surface area contributed by atoms with E-state index in [0.717, 1.165) is 0 Å². The van der Waals surface area contributed by atoms with Gasteiger partial charge >= 0.3 is 6.03 Å². The van der Waals surface area contributed by atoms with Gasteiger partial charge in [0, 0.05) is 12.3 Å². The van der Waals surface area contributed by atoms with Gasteiger partial charge in [0.25, 0.3) is 5.69 Å². The van der Waals surface area contributed by atoms with Crippen molar-refractivity contribution in [3.63, 3.8) is 0 Å². The lowest BCUT2D eigenvalue weighted by atomic mass is 10.2. The Balaban J connectivity index is 2.12. The van der Waals surface area contributed by atoms with Gasteiger partial charge in [-0.25, -0.2) is 9.78 Å². The summed E-state index contributed by atoms with van der Waals surface area (Å²) >= 11 is 0. The maximum atomic E-state index is 11.8. The van der Waals surface area contributed by atoms with Crippen LogP contribution in [0.25, 0.3) is 0 Å². The van der Waals surface area contributed by atoms with Crippen LogP contribution >= 0.6 is 0 Å². The molecule has 0 saturated carbocycles. The first-order valence-corrected chi connectivity index (χ1v) is 5.91. The van der Waals surface area contributed by atoms with Crippen molar-refractivity contribution in [2.45, 2.75) is 0 Å². The number of ether oxygens (including phenoxy) is 1. The molecule has 0 bridgehead atoms.